The molecule has 1 saturated carbocycles. The highest BCUT2D eigenvalue weighted by Gasteiger charge is 2.37. The number of hydrogen-bond donors (Lipinski definition) is 1. The zero-order chi connectivity index (χ0) is 12.5. The Kier molecular flexibility index (Phi) is 3.27. The lowest BCUT2D eigenvalue weighted by atomic mass is 9.94. The summed E-state index contributed by atoms with van der Waals surface area (Å²) in [6.45, 7) is 0.803. The Morgan fingerprint density at radius 2 is 2.22 bits per heavy atom. The van der Waals surface area contributed by atoms with Gasteiger partial charge >= 0.3 is 0 Å². The van der Waals surface area contributed by atoms with Gasteiger partial charge in [-0.2, -0.15) is 0 Å². The van der Waals surface area contributed by atoms with Crippen LogP contribution in [-0.2, 0) is 11.2 Å². The fourth-order valence-electron chi connectivity index (χ4n) is 2.91. The molecule has 18 heavy (non-hydrogen) atoms. The highest BCUT2D eigenvalue weighted by molar-refractivity contribution is 5.45. The molecule has 0 spiro atoms. The Balaban J connectivity index is 1.90. The smallest absolute Gasteiger partial charge is 0.127 e. The highest BCUT2D eigenvalue weighted by Crippen LogP contribution is 2.42. The van der Waals surface area contributed by atoms with Crippen molar-refractivity contribution in [2.24, 2.45) is 11.7 Å². The van der Waals surface area contributed by atoms with Crippen LogP contribution in [0.25, 0.3) is 0 Å². The molecule has 2 aliphatic rings. The predicted molar refractivity (Wildman–Crippen MR) is 70.7 cm³/mol. The summed E-state index contributed by atoms with van der Waals surface area (Å²) in [4.78, 5) is 0. The molecule has 0 aromatic heterocycles. The maximum atomic E-state index is 6.41. The first-order valence-electron chi connectivity index (χ1n) is 6.84. The number of hydrogen-bond acceptors (Lipinski definition) is 3. The molecule has 0 amide bonds. The Morgan fingerprint density at radius 1 is 1.39 bits per heavy atom. The summed E-state index contributed by atoms with van der Waals surface area (Å²) < 4.78 is 11.4. The molecule has 3 nitrogen and oxygen atoms in total. The van der Waals surface area contributed by atoms with Crippen LogP contribution in [0.3, 0.4) is 0 Å². The zero-order valence-electron chi connectivity index (χ0n) is 10.9. The summed E-state index contributed by atoms with van der Waals surface area (Å²) in [5.74, 6) is 1.64. The highest BCUT2D eigenvalue weighted by atomic mass is 16.5. The summed E-state index contributed by atoms with van der Waals surface area (Å²) >= 11 is 0. The number of benzene rings is 1. The number of methoxy groups -OCH3 is 1. The second-order valence-corrected chi connectivity index (χ2v) is 5.35. The van der Waals surface area contributed by atoms with Gasteiger partial charge in [0.25, 0.3) is 0 Å². The molecule has 1 fully saturated rings. The molecule has 0 bridgehead atoms. The van der Waals surface area contributed by atoms with Gasteiger partial charge in [0.15, 0.2) is 0 Å². The summed E-state index contributed by atoms with van der Waals surface area (Å²) in [6.07, 6.45) is 4.80. The van der Waals surface area contributed by atoms with Gasteiger partial charge < -0.3 is 15.2 Å². The first-order chi connectivity index (χ1) is 8.81. The molecule has 3 rings (SSSR count). The van der Waals surface area contributed by atoms with Crippen molar-refractivity contribution in [3.05, 3.63) is 29.3 Å². The van der Waals surface area contributed by atoms with E-state index in [1.54, 1.807) is 7.11 Å². The van der Waals surface area contributed by atoms with Crippen LogP contribution in [0.15, 0.2) is 18.2 Å². The van der Waals surface area contributed by atoms with Crippen LogP contribution in [0.2, 0.25) is 0 Å². The van der Waals surface area contributed by atoms with Gasteiger partial charge in [-0.05, 0) is 37.2 Å². The second kappa shape index (κ2) is 4.90. The average Bonchev–Trinajstić information content (AvgIpc) is 3.23. The van der Waals surface area contributed by atoms with Crippen LogP contribution in [0.1, 0.15) is 36.4 Å². The molecule has 2 unspecified atom stereocenters. The fraction of sp³-hybridized carbons (Fsp3) is 0.600. The molecule has 2 N–H and O–H groups in total. The normalized spacial score (nSPS) is 21.9. The van der Waals surface area contributed by atoms with Crippen molar-refractivity contribution < 1.29 is 9.47 Å². The Morgan fingerprint density at radius 3 is 2.94 bits per heavy atom. The molecule has 98 valence electrons. The van der Waals surface area contributed by atoms with Crippen molar-refractivity contribution in [2.75, 3.05) is 13.7 Å². The van der Waals surface area contributed by atoms with Crippen LogP contribution in [-0.4, -0.2) is 19.8 Å². The van der Waals surface area contributed by atoms with Gasteiger partial charge in [0.1, 0.15) is 5.75 Å². The number of ether oxygens (including phenoxy) is 2. The molecule has 3 heteroatoms. The second-order valence-electron chi connectivity index (χ2n) is 5.35. The first-order valence-corrected chi connectivity index (χ1v) is 6.84. The van der Waals surface area contributed by atoms with E-state index in [4.69, 9.17) is 15.2 Å². The molecular formula is C15H21NO2. The quantitative estimate of drug-likeness (QED) is 0.888. The van der Waals surface area contributed by atoms with Crippen molar-refractivity contribution in [3.63, 3.8) is 0 Å². The molecule has 1 heterocycles. The molecule has 1 aromatic carbocycles. The van der Waals surface area contributed by atoms with Crippen molar-refractivity contribution in [1.29, 1.82) is 0 Å². The molecule has 1 aromatic rings. The van der Waals surface area contributed by atoms with E-state index in [1.165, 1.54) is 18.4 Å². The average molecular weight is 247 g/mol. The topological polar surface area (TPSA) is 44.5 Å². The minimum atomic E-state index is -0.0736. The van der Waals surface area contributed by atoms with E-state index in [0.717, 1.165) is 30.8 Å². The summed E-state index contributed by atoms with van der Waals surface area (Å²) in [5, 5.41) is 0. The van der Waals surface area contributed by atoms with Gasteiger partial charge in [0.2, 0.25) is 0 Å². The molecule has 2 atom stereocenters. The van der Waals surface area contributed by atoms with Gasteiger partial charge in [0, 0.05) is 12.7 Å². The molecule has 0 radical (unpaired) electrons. The Hall–Kier alpha value is -1.06. The van der Waals surface area contributed by atoms with Crippen molar-refractivity contribution in [3.8, 4) is 5.75 Å². The minimum absolute atomic E-state index is 0.0736. The first kappa shape index (κ1) is 12.0. The van der Waals surface area contributed by atoms with Crippen LogP contribution < -0.4 is 10.5 Å². The van der Waals surface area contributed by atoms with E-state index in [9.17, 15) is 0 Å². The van der Waals surface area contributed by atoms with Gasteiger partial charge in [0.05, 0.1) is 18.8 Å². The SMILES string of the molecule is COC(C1CC1)C(N)c1cccc2c1OCCC2. The van der Waals surface area contributed by atoms with Crippen molar-refractivity contribution in [1.82, 2.24) is 0 Å². The summed E-state index contributed by atoms with van der Waals surface area (Å²) in [5.41, 5.74) is 8.82. The minimum Gasteiger partial charge on any atom is -0.493 e. The van der Waals surface area contributed by atoms with Gasteiger partial charge in [-0.3, -0.25) is 0 Å². The third-order valence-corrected chi connectivity index (χ3v) is 4.04. The van der Waals surface area contributed by atoms with Gasteiger partial charge in [-0.25, -0.2) is 0 Å². The number of nitrogens with two attached hydrogens (primary N) is 1. The van der Waals surface area contributed by atoms with E-state index in [2.05, 4.69) is 18.2 Å². The number of para-hydroxylation sites is 1. The van der Waals surface area contributed by atoms with Crippen LogP contribution in [0.4, 0.5) is 0 Å². The number of rotatable bonds is 4. The maximum Gasteiger partial charge on any atom is 0.127 e. The molecule has 1 aliphatic heterocycles. The summed E-state index contributed by atoms with van der Waals surface area (Å²) in [7, 11) is 1.76. The molecule has 0 saturated heterocycles. The Labute approximate surface area is 108 Å². The monoisotopic (exact) mass is 247 g/mol. The predicted octanol–water partition coefficient (Wildman–Crippen LogP) is 2.44. The standard InChI is InChI=1S/C15H21NO2/c1-17-15(11-7-8-11)13(16)12-6-2-4-10-5-3-9-18-14(10)12/h2,4,6,11,13,15H,3,5,7-9,16H2,1H3. The lowest BCUT2D eigenvalue weighted by molar-refractivity contribution is 0.0613. The van der Waals surface area contributed by atoms with Crippen LogP contribution >= 0.6 is 0 Å². The summed E-state index contributed by atoms with van der Waals surface area (Å²) in [6, 6.07) is 6.24. The van der Waals surface area contributed by atoms with Crippen LogP contribution in [0, 0.1) is 5.92 Å². The van der Waals surface area contributed by atoms with Gasteiger partial charge in [-0.1, -0.05) is 18.2 Å². The van der Waals surface area contributed by atoms with Gasteiger partial charge in [-0.15, -0.1) is 0 Å². The largest absolute Gasteiger partial charge is 0.493 e. The third kappa shape index (κ3) is 2.13. The maximum absolute atomic E-state index is 6.41. The number of aryl methyl sites for hydroxylation is 1. The van der Waals surface area contributed by atoms with E-state index in [0.29, 0.717) is 5.92 Å². The fourth-order valence-corrected chi connectivity index (χ4v) is 2.91. The number of fused-ring (bicyclic) bond motifs is 1. The van der Waals surface area contributed by atoms with Crippen molar-refractivity contribution in [2.45, 2.75) is 37.8 Å². The lowest BCUT2D eigenvalue weighted by Crippen LogP contribution is -2.30. The molecule has 1 aliphatic carbocycles. The zero-order valence-corrected chi connectivity index (χ0v) is 10.9. The van der Waals surface area contributed by atoms with E-state index in [1.807, 2.05) is 0 Å². The van der Waals surface area contributed by atoms with E-state index < -0.39 is 0 Å². The van der Waals surface area contributed by atoms with E-state index in [-0.39, 0.29) is 12.1 Å². The van der Waals surface area contributed by atoms with Crippen molar-refractivity contribution >= 4 is 0 Å². The third-order valence-electron chi connectivity index (χ3n) is 4.04. The lowest BCUT2D eigenvalue weighted by Gasteiger charge is -2.27. The van der Waals surface area contributed by atoms with E-state index >= 15 is 0 Å². The molecular weight excluding hydrogens is 226 g/mol. The van der Waals surface area contributed by atoms with Crippen LogP contribution in [0.5, 0.6) is 5.75 Å². The Bertz CT molecular complexity index is 429.